The maximum atomic E-state index is 9.84. The Labute approximate surface area is 104 Å². The van der Waals surface area contributed by atoms with Crippen LogP contribution in [-0.2, 0) is 0 Å². The van der Waals surface area contributed by atoms with Crippen molar-refractivity contribution in [3.8, 4) is 5.75 Å². The number of phenols is 1. The van der Waals surface area contributed by atoms with Gasteiger partial charge in [0.2, 0.25) is 0 Å². The van der Waals surface area contributed by atoms with E-state index in [-0.39, 0.29) is 11.5 Å². The van der Waals surface area contributed by atoms with E-state index in [1.165, 1.54) is 18.2 Å². The van der Waals surface area contributed by atoms with Crippen molar-refractivity contribution < 1.29 is 10.2 Å². The number of halogens is 1. The SMILES string of the molecule is OC(=CC=C1C=CC=C1)c1cc(Cl)ccc1O. The molecule has 0 aliphatic heterocycles. The second-order valence-electron chi connectivity index (χ2n) is 3.60. The van der Waals surface area contributed by atoms with Gasteiger partial charge in [-0.2, -0.15) is 0 Å². The van der Waals surface area contributed by atoms with Crippen LogP contribution in [0.1, 0.15) is 5.56 Å². The van der Waals surface area contributed by atoms with Gasteiger partial charge in [0.25, 0.3) is 0 Å². The van der Waals surface area contributed by atoms with Crippen LogP contribution in [0.15, 0.2) is 60.2 Å². The monoisotopic (exact) mass is 246 g/mol. The average molecular weight is 247 g/mol. The first-order valence-corrected chi connectivity index (χ1v) is 5.49. The summed E-state index contributed by atoms with van der Waals surface area (Å²) < 4.78 is 0. The van der Waals surface area contributed by atoms with E-state index in [4.69, 9.17) is 11.6 Å². The van der Waals surface area contributed by atoms with Crippen LogP contribution in [0.2, 0.25) is 5.02 Å². The zero-order chi connectivity index (χ0) is 12.3. The molecule has 0 heterocycles. The molecule has 0 spiro atoms. The van der Waals surface area contributed by atoms with Gasteiger partial charge in [-0.05, 0) is 29.8 Å². The van der Waals surface area contributed by atoms with E-state index >= 15 is 0 Å². The molecule has 86 valence electrons. The first-order chi connectivity index (χ1) is 8.16. The number of hydrogen-bond acceptors (Lipinski definition) is 2. The third-order valence-corrected chi connectivity index (χ3v) is 2.59. The molecule has 2 N–H and O–H groups in total. The minimum absolute atomic E-state index is 0.000874. The second-order valence-corrected chi connectivity index (χ2v) is 4.03. The first kappa shape index (κ1) is 11.6. The van der Waals surface area contributed by atoms with Crippen molar-refractivity contribution in [1.29, 1.82) is 0 Å². The van der Waals surface area contributed by atoms with Crippen molar-refractivity contribution in [1.82, 2.24) is 0 Å². The smallest absolute Gasteiger partial charge is 0.126 e. The van der Waals surface area contributed by atoms with Crippen molar-refractivity contribution in [2.45, 2.75) is 0 Å². The Balaban J connectivity index is 2.30. The molecule has 0 bridgehead atoms. The molecule has 0 amide bonds. The minimum Gasteiger partial charge on any atom is -0.507 e. The lowest BCUT2D eigenvalue weighted by molar-refractivity contribution is 0.460. The second kappa shape index (κ2) is 4.93. The molecule has 0 aromatic heterocycles. The number of rotatable bonds is 2. The molecule has 0 radical (unpaired) electrons. The van der Waals surface area contributed by atoms with Crippen LogP contribution < -0.4 is 0 Å². The number of aliphatic hydroxyl groups is 1. The van der Waals surface area contributed by atoms with Crippen molar-refractivity contribution in [3.05, 3.63) is 70.8 Å². The minimum atomic E-state index is -0.0220. The summed E-state index contributed by atoms with van der Waals surface area (Å²) in [5.41, 5.74) is 1.30. The van der Waals surface area contributed by atoms with E-state index in [0.717, 1.165) is 5.57 Å². The molecule has 2 rings (SSSR count). The summed E-state index contributed by atoms with van der Waals surface area (Å²) in [4.78, 5) is 0. The summed E-state index contributed by atoms with van der Waals surface area (Å²) in [6.07, 6.45) is 10.9. The largest absolute Gasteiger partial charge is 0.507 e. The van der Waals surface area contributed by atoms with Gasteiger partial charge >= 0.3 is 0 Å². The van der Waals surface area contributed by atoms with Gasteiger partial charge in [-0.15, -0.1) is 0 Å². The van der Waals surface area contributed by atoms with E-state index in [0.29, 0.717) is 10.6 Å². The highest BCUT2D eigenvalue weighted by molar-refractivity contribution is 6.30. The number of phenolic OH excluding ortho intramolecular Hbond substituents is 1. The Kier molecular flexibility index (Phi) is 3.35. The van der Waals surface area contributed by atoms with E-state index in [1.807, 2.05) is 24.3 Å². The molecule has 1 aliphatic carbocycles. The Morgan fingerprint density at radius 2 is 1.88 bits per heavy atom. The highest BCUT2D eigenvalue weighted by Crippen LogP contribution is 2.26. The van der Waals surface area contributed by atoms with Crippen LogP contribution >= 0.6 is 11.6 Å². The van der Waals surface area contributed by atoms with Crippen molar-refractivity contribution >= 4 is 17.4 Å². The van der Waals surface area contributed by atoms with Gasteiger partial charge in [-0.3, -0.25) is 0 Å². The molecule has 0 saturated heterocycles. The van der Waals surface area contributed by atoms with E-state index < -0.39 is 0 Å². The predicted octanol–water partition coefficient (Wildman–Crippen LogP) is 4.00. The molecule has 17 heavy (non-hydrogen) atoms. The van der Waals surface area contributed by atoms with Gasteiger partial charge in [0, 0.05) is 5.02 Å². The van der Waals surface area contributed by atoms with E-state index in [9.17, 15) is 10.2 Å². The van der Waals surface area contributed by atoms with Crippen molar-refractivity contribution in [2.75, 3.05) is 0 Å². The molecule has 1 aromatic carbocycles. The molecule has 0 fully saturated rings. The molecule has 3 heteroatoms. The molecule has 1 aromatic rings. The fourth-order valence-electron chi connectivity index (χ4n) is 1.48. The topological polar surface area (TPSA) is 40.5 Å². The van der Waals surface area contributed by atoms with Gasteiger partial charge in [0.1, 0.15) is 11.5 Å². The fourth-order valence-corrected chi connectivity index (χ4v) is 1.65. The highest BCUT2D eigenvalue weighted by atomic mass is 35.5. The number of aromatic hydroxyl groups is 1. The summed E-state index contributed by atoms with van der Waals surface area (Å²) in [7, 11) is 0. The van der Waals surface area contributed by atoms with Crippen LogP contribution in [0.3, 0.4) is 0 Å². The summed E-state index contributed by atoms with van der Waals surface area (Å²) in [5, 5.41) is 19.9. The standard InChI is InChI=1S/C14H11ClO2/c15-11-6-8-14(17)12(9-11)13(16)7-5-10-3-1-2-4-10/h1-9,16-17H. The molecular weight excluding hydrogens is 236 g/mol. The quantitative estimate of drug-likeness (QED) is 0.775. The normalized spacial score (nSPS) is 14.4. The van der Waals surface area contributed by atoms with Crippen LogP contribution in [0.5, 0.6) is 5.75 Å². The maximum absolute atomic E-state index is 9.84. The zero-order valence-electron chi connectivity index (χ0n) is 8.97. The van der Waals surface area contributed by atoms with Gasteiger partial charge in [-0.1, -0.05) is 42.0 Å². The van der Waals surface area contributed by atoms with Crippen LogP contribution in [0.25, 0.3) is 5.76 Å². The summed E-state index contributed by atoms with van der Waals surface area (Å²) in [6, 6.07) is 4.53. The zero-order valence-corrected chi connectivity index (χ0v) is 9.72. The van der Waals surface area contributed by atoms with E-state index in [2.05, 4.69) is 0 Å². The average Bonchev–Trinajstić information content (AvgIpc) is 2.82. The van der Waals surface area contributed by atoms with Crippen LogP contribution in [-0.4, -0.2) is 10.2 Å². The third kappa shape index (κ3) is 2.80. The molecular formula is C14H11ClO2. The molecule has 0 atom stereocenters. The Bertz CT molecular complexity index is 537. The predicted molar refractivity (Wildman–Crippen MR) is 70.1 cm³/mol. The lowest BCUT2D eigenvalue weighted by Crippen LogP contribution is -1.84. The summed E-state index contributed by atoms with van der Waals surface area (Å²) >= 11 is 5.80. The van der Waals surface area contributed by atoms with Crippen LogP contribution in [0, 0.1) is 0 Å². The summed E-state index contributed by atoms with van der Waals surface area (Å²) in [5.74, 6) is -0.0229. The highest BCUT2D eigenvalue weighted by Gasteiger charge is 2.05. The Hall–Kier alpha value is -1.93. The van der Waals surface area contributed by atoms with Gasteiger partial charge in [0.05, 0.1) is 5.56 Å². The lowest BCUT2D eigenvalue weighted by atomic mass is 10.1. The molecule has 0 unspecified atom stereocenters. The third-order valence-electron chi connectivity index (χ3n) is 2.36. The molecule has 0 saturated carbocycles. The van der Waals surface area contributed by atoms with Crippen molar-refractivity contribution in [3.63, 3.8) is 0 Å². The van der Waals surface area contributed by atoms with E-state index in [1.54, 1.807) is 12.1 Å². The molecule has 1 aliphatic rings. The maximum Gasteiger partial charge on any atom is 0.126 e. The fraction of sp³-hybridized carbons (Fsp3) is 0. The van der Waals surface area contributed by atoms with Gasteiger partial charge in [0.15, 0.2) is 0 Å². The Morgan fingerprint density at radius 1 is 1.18 bits per heavy atom. The Morgan fingerprint density at radius 3 is 2.59 bits per heavy atom. The number of aliphatic hydroxyl groups excluding tert-OH is 1. The number of benzene rings is 1. The summed E-state index contributed by atoms with van der Waals surface area (Å²) in [6.45, 7) is 0. The first-order valence-electron chi connectivity index (χ1n) is 5.11. The lowest BCUT2D eigenvalue weighted by Gasteiger charge is -2.03. The van der Waals surface area contributed by atoms with Crippen LogP contribution in [0.4, 0.5) is 0 Å². The number of hydrogen-bond donors (Lipinski definition) is 2. The molecule has 2 nitrogen and oxygen atoms in total. The number of allylic oxidation sites excluding steroid dienone is 7. The van der Waals surface area contributed by atoms with Gasteiger partial charge < -0.3 is 10.2 Å². The van der Waals surface area contributed by atoms with Crippen molar-refractivity contribution in [2.24, 2.45) is 0 Å². The van der Waals surface area contributed by atoms with Gasteiger partial charge in [-0.25, -0.2) is 0 Å².